The second kappa shape index (κ2) is 3.79. The molecule has 0 aromatic heterocycles. The summed E-state index contributed by atoms with van der Waals surface area (Å²) in [5.74, 6) is 0. The molecule has 0 radical (unpaired) electrons. The summed E-state index contributed by atoms with van der Waals surface area (Å²) in [6.07, 6.45) is -0.0288. The summed E-state index contributed by atoms with van der Waals surface area (Å²) in [6, 6.07) is 1.70. The van der Waals surface area contributed by atoms with Crippen LogP contribution in [0.3, 0.4) is 0 Å². The first-order valence-corrected chi connectivity index (χ1v) is 3.10. The maximum absolute atomic E-state index is 11.7. The average Bonchev–Trinajstić information content (AvgIpc) is 2.45. The van der Waals surface area contributed by atoms with E-state index < -0.39 is 18.7 Å². The molecule has 0 heterocycles. The molecular weight excluding hydrogens is 181 g/mol. The number of halogens is 3. The van der Waals surface area contributed by atoms with Gasteiger partial charge in [0.15, 0.2) is 0 Å². The van der Waals surface area contributed by atoms with Crippen LogP contribution in [0.5, 0.6) is 0 Å². The van der Waals surface area contributed by atoms with Crippen LogP contribution in [0.2, 0.25) is 6.32 Å². The smallest absolute Gasteiger partial charge is 0.449 e. The standard InChI is InChI=1S/C5H6BF3N.K/c7-6(8,9)3-5(4-10)1-2-5;/h1-3H2;/q-1;+1. The van der Waals surface area contributed by atoms with Gasteiger partial charge in [0.2, 0.25) is 0 Å². The first kappa shape index (κ1) is 12.0. The number of nitrogens with zero attached hydrogens (tertiary/aromatic N) is 1. The van der Waals surface area contributed by atoms with Crippen molar-refractivity contribution in [2.45, 2.75) is 19.2 Å². The van der Waals surface area contributed by atoms with Crippen LogP contribution in [0.15, 0.2) is 0 Å². The maximum atomic E-state index is 11.7. The van der Waals surface area contributed by atoms with Crippen molar-refractivity contribution in [3.05, 3.63) is 0 Å². The number of rotatable bonds is 2. The van der Waals surface area contributed by atoms with Crippen LogP contribution in [0.4, 0.5) is 12.9 Å². The van der Waals surface area contributed by atoms with Crippen molar-refractivity contribution in [2.24, 2.45) is 5.41 Å². The van der Waals surface area contributed by atoms with Crippen molar-refractivity contribution >= 4 is 6.98 Å². The van der Waals surface area contributed by atoms with Crippen LogP contribution >= 0.6 is 0 Å². The summed E-state index contributed by atoms with van der Waals surface area (Å²) >= 11 is 0. The van der Waals surface area contributed by atoms with Crippen LogP contribution in [0, 0.1) is 16.7 Å². The largest absolute Gasteiger partial charge is 1.00 e. The molecule has 6 heteroatoms. The van der Waals surface area contributed by atoms with Crippen molar-refractivity contribution in [2.75, 3.05) is 0 Å². The maximum Gasteiger partial charge on any atom is 1.00 e. The number of nitriles is 1. The molecule has 1 rings (SSSR count). The van der Waals surface area contributed by atoms with E-state index in [1.807, 2.05) is 0 Å². The molecule has 0 bridgehead atoms. The minimum absolute atomic E-state index is 0. The van der Waals surface area contributed by atoms with E-state index in [2.05, 4.69) is 0 Å². The van der Waals surface area contributed by atoms with Crippen molar-refractivity contribution in [3.8, 4) is 6.07 Å². The first-order valence-electron chi connectivity index (χ1n) is 3.10. The molecule has 1 saturated carbocycles. The van der Waals surface area contributed by atoms with E-state index in [9.17, 15) is 12.9 Å². The molecule has 1 nitrogen and oxygen atoms in total. The van der Waals surface area contributed by atoms with Gasteiger partial charge in [-0.25, -0.2) is 0 Å². The summed E-state index contributed by atoms with van der Waals surface area (Å²) in [7, 11) is 0. The summed E-state index contributed by atoms with van der Waals surface area (Å²) in [6.45, 7) is -4.76. The summed E-state index contributed by atoms with van der Waals surface area (Å²) in [5, 5.41) is 8.28. The predicted molar refractivity (Wildman–Crippen MR) is 31.2 cm³/mol. The van der Waals surface area contributed by atoms with E-state index >= 15 is 0 Å². The molecule has 0 spiro atoms. The van der Waals surface area contributed by atoms with Gasteiger partial charge in [-0.3, -0.25) is 0 Å². The molecule has 0 unspecified atom stereocenters. The Balaban J connectivity index is 0.000001000. The van der Waals surface area contributed by atoms with Crippen molar-refractivity contribution in [1.29, 1.82) is 5.26 Å². The molecule has 0 atom stereocenters. The van der Waals surface area contributed by atoms with Gasteiger partial charge in [-0.05, 0) is 12.8 Å². The molecule has 1 aliphatic carbocycles. The van der Waals surface area contributed by atoms with Crippen LogP contribution in [-0.2, 0) is 0 Å². The Bertz CT molecular complexity index is 181. The minimum atomic E-state index is -4.76. The van der Waals surface area contributed by atoms with Gasteiger partial charge in [-0.15, -0.1) is 0 Å². The van der Waals surface area contributed by atoms with E-state index in [1.54, 1.807) is 6.07 Å². The Hall–Kier alpha value is 0.981. The molecule has 0 aliphatic heterocycles. The summed E-state index contributed by atoms with van der Waals surface area (Å²) in [5.41, 5.74) is -1.02. The van der Waals surface area contributed by atoms with E-state index in [4.69, 9.17) is 5.26 Å². The number of hydrogen-bond donors (Lipinski definition) is 0. The molecule has 0 N–H and O–H groups in total. The fourth-order valence-electron chi connectivity index (χ4n) is 0.956. The Morgan fingerprint density at radius 3 is 1.91 bits per heavy atom. The van der Waals surface area contributed by atoms with Gasteiger partial charge in [-0.1, -0.05) is 6.32 Å². The molecule has 1 aliphatic rings. The van der Waals surface area contributed by atoms with Gasteiger partial charge in [0.1, 0.15) is 0 Å². The fraction of sp³-hybridized carbons (Fsp3) is 0.800. The topological polar surface area (TPSA) is 23.8 Å². The van der Waals surface area contributed by atoms with Gasteiger partial charge in [0.05, 0.1) is 6.07 Å². The Morgan fingerprint density at radius 1 is 1.36 bits per heavy atom. The third-order valence-corrected chi connectivity index (χ3v) is 1.71. The van der Waals surface area contributed by atoms with E-state index in [1.165, 1.54) is 0 Å². The molecule has 11 heavy (non-hydrogen) atoms. The molecule has 1 fully saturated rings. The normalized spacial score (nSPS) is 19.8. The second-order valence-corrected chi connectivity index (χ2v) is 2.81. The Morgan fingerprint density at radius 2 is 1.82 bits per heavy atom. The molecule has 56 valence electrons. The van der Waals surface area contributed by atoms with Gasteiger partial charge in [0, 0.05) is 5.41 Å². The SMILES string of the molecule is N#CC1(C[B-](F)(F)F)CC1.[K+]. The van der Waals surface area contributed by atoms with Crippen LogP contribution in [0.1, 0.15) is 12.8 Å². The Labute approximate surface area is 106 Å². The van der Waals surface area contributed by atoms with Crippen LogP contribution in [0.25, 0.3) is 0 Å². The quantitative estimate of drug-likeness (QED) is 0.516. The van der Waals surface area contributed by atoms with Gasteiger partial charge < -0.3 is 12.9 Å². The minimum Gasteiger partial charge on any atom is -0.449 e. The fourth-order valence-corrected chi connectivity index (χ4v) is 0.956. The van der Waals surface area contributed by atoms with E-state index in [0.717, 1.165) is 0 Å². The molecule has 0 aromatic rings. The van der Waals surface area contributed by atoms with Crippen molar-refractivity contribution < 1.29 is 64.3 Å². The molecule has 0 amide bonds. The zero-order valence-electron chi connectivity index (χ0n) is 6.28. The zero-order chi connectivity index (χ0) is 7.83. The predicted octanol–water partition coefficient (Wildman–Crippen LogP) is -0.858. The van der Waals surface area contributed by atoms with E-state index in [0.29, 0.717) is 12.8 Å². The van der Waals surface area contributed by atoms with Gasteiger partial charge >= 0.3 is 58.4 Å². The van der Waals surface area contributed by atoms with Crippen molar-refractivity contribution in [3.63, 3.8) is 0 Å². The van der Waals surface area contributed by atoms with Gasteiger partial charge in [-0.2, -0.15) is 5.26 Å². The first-order chi connectivity index (χ1) is 4.47. The zero-order valence-corrected chi connectivity index (χ0v) is 9.40. The van der Waals surface area contributed by atoms with Crippen LogP contribution < -0.4 is 51.4 Å². The molecular formula is C5H6BF3KN. The monoisotopic (exact) mass is 187 g/mol. The summed E-state index contributed by atoms with van der Waals surface area (Å²) < 4.78 is 35.1. The molecule has 0 saturated heterocycles. The Kier molecular flexibility index (Phi) is 4.13. The van der Waals surface area contributed by atoms with Crippen molar-refractivity contribution in [1.82, 2.24) is 0 Å². The third-order valence-electron chi connectivity index (χ3n) is 1.71. The summed E-state index contributed by atoms with van der Waals surface area (Å²) in [4.78, 5) is 0. The van der Waals surface area contributed by atoms with Gasteiger partial charge in [0.25, 0.3) is 0 Å². The van der Waals surface area contributed by atoms with E-state index in [-0.39, 0.29) is 51.4 Å². The van der Waals surface area contributed by atoms with Crippen LogP contribution in [-0.4, -0.2) is 6.98 Å². The average molecular weight is 187 g/mol. The molecule has 0 aromatic carbocycles. The number of hydrogen-bond acceptors (Lipinski definition) is 1. The second-order valence-electron chi connectivity index (χ2n) is 2.81. The third kappa shape index (κ3) is 3.95.